The van der Waals surface area contributed by atoms with Gasteiger partial charge in [0.15, 0.2) is 5.15 Å². The Balaban J connectivity index is 2.04. The Morgan fingerprint density at radius 1 is 1.53 bits per heavy atom. The predicted molar refractivity (Wildman–Crippen MR) is 63.6 cm³/mol. The highest BCUT2D eigenvalue weighted by Crippen LogP contribution is 2.21. The molecule has 0 unspecified atom stereocenters. The number of nitriles is 1. The molecule has 0 spiro atoms. The number of anilines is 1. The summed E-state index contributed by atoms with van der Waals surface area (Å²) in [6, 6.07) is 2.08. The van der Waals surface area contributed by atoms with E-state index < -0.39 is 0 Å². The average Bonchev–Trinajstić information content (AvgIpc) is 2.29. The van der Waals surface area contributed by atoms with Crippen molar-refractivity contribution in [1.82, 2.24) is 9.97 Å². The fourth-order valence-corrected chi connectivity index (χ4v) is 2.15. The molecule has 0 radical (unpaired) electrons. The number of hydrogen-bond acceptors (Lipinski definition) is 5. The molecule has 0 saturated heterocycles. The van der Waals surface area contributed by atoms with Gasteiger partial charge in [-0.2, -0.15) is 10.2 Å². The molecule has 0 aliphatic heterocycles. The van der Waals surface area contributed by atoms with Gasteiger partial charge < -0.3 is 10.4 Å². The molecule has 17 heavy (non-hydrogen) atoms. The van der Waals surface area contributed by atoms with Gasteiger partial charge in [-0.1, -0.05) is 11.6 Å². The molecular weight excluding hydrogens is 240 g/mol. The number of nitrogens with zero attached hydrogens (tertiary/aromatic N) is 3. The molecule has 5 nitrogen and oxygen atoms in total. The first-order chi connectivity index (χ1) is 8.19. The summed E-state index contributed by atoms with van der Waals surface area (Å²) in [5, 5.41) is 21.5. The van der Waals surface area contributed by atoms with Crippen LogP contribution in [0.1, 0.15) is 31.2 Å². The van der Waals surface area contributed by atoms with Gasteiger partial charge in [0.1, 0.15) is 11.6 Å². The van der Waals surface area contributed by atoms with Crippen molar-refractivity contribution in [3.63, 3.8) is 0 Å². The van der Waals surface area contributed by atoms with Crippen LogP contribution in [0.15, 0.2) is 6.20 Å². The summed E-state index contributed by atoms with van der Waals surface area (Å²) in [6.45, 7) is 0. The second-order valence-electron chi connectivity index (χ2n) is 4.17. The first-order valence-corrected chi connectivity index (χ1v) is 5.94. The Bertz CT molecular complexity index is 446. The van der Waals surface area contributed by atoms with Crippen LogP contribution in [0.5, 0.6) is 0 Å². The summed E-state index contributed by atoms with van der Waals surface area (Å²) >= 11 is 5.81. The molecule has 1 fully saturated rings. The van der Waals surface area contributed by atoms with Crippen molar-refractivity contribution in [2.24, 2.45) is 0 Å². The van der Waals surface area contributed by atoms with Crippen LogP contribution in [0.4, 0.5) is 5.95 Å². The highest BCUT2D eigenvalue weighted by molar-refractivity contribution is 6.30. The largest absolute Gasteiger partial charge is 0.393 e. The van der Waals surface area contributed by atoms with E-state index in [9.17, 15) is 5.11 Å². The number of rotatable bonds is 2. The quantitative estimate of drug-likeness (QED) is 0.783. The van der Waals surface area contributed by atoms with Crippen LogP contribution < -0.4 is 5.32 Å². The third-order valence-electron chi connectivity index (χ3n) is 2.84. The minimum Gasteiger partial charge on any atom is -0.393 e. The van der Waals surface area contributed by atoms with Gasteiger partial charge >= 0.3 is 0 Å². The molecule has 0 amide bonds. The van der Waals surface area contributed by atoms with Crippen molar-refractivity contribution in [1.29, 1.82) is 5.26 Å². The topological polar surface area (TPSA) is 81.8 Å². The average molecular weight is 253 g/mol. The van der Waals surface area contributed by atoms with E-state index in [-0.39, 0.29) is 22.9 Å². The van der Waals surface area contributed by atoms with Gasteiger partial charge in [-0.05, 0) is 25.7 Å². The fraction of sp³-hybridized carbons (Fsp3) is 0.545. The number of aliphatic hydroxyl groups excluding tert-OH is 1. The normalized spacial score (nSPS) is 24.1. The van der Waals surface area contributed by atoms with Crippen LogP contribution in [0, 0.1) is 11.3 Å². The van der Waals surface area contributed by atoms with E-state index in [1.165, 1.54) is 6.20 Å². The first kappa shape index (κ1) is 12.1. The zero-order valence-corrected chi connectivity index (χ0v) is 9.98. The molecule has 1 aromatic rings. The molecule has 1 aliphatic carbocycles. The lowest BCUT2D eigenvalue weighted by Crippen LogP contribution is -2.30. The Kier molecular flexibility index (Phi) is 3.77. The molecule has 0 aromatic carbocycles. The van der Waals surface area contributed by atoms with Crippen LogP contribution in [0.25, 0.3) is 0 Å². The van der Waals surface area contributed by atoms with Crippen LogP contribution >= 0.6 is 11.6 Å². The second-order valence-corrected chi connectivity index (χ2v) is 4.53. The molecule has 1 saturated carbocycles. The molecule has 1 heterocycles. The lowest BCUT2D eigenvalue weighted by molar-refractivity contribution is 0.124. The maximum atomic E-state index is 9.54. The second kappa shape index (κ2) is 5.30. The fourth-order valence-electron chi connectivity index (χ4n) is 1.98. The summed E-state index contributed by atoms with van der Waals surface area (Å²) < 4.78 is 0. The van der Waals surface area contributed by atoms with Crippen molar-refractivity contribution in [3.05, 3.63) is 16.9 Å². The van der Waals surface area contributed by atoms with E-state index in [1.54, 1.807) is 0 Å². The van der Waals surface area contributed by atoms with Crippen LogP contribution in [0.3, 0.4) is 0 Å². The van der Waals surface area contributed by atoms with Crippen molar-refractivity contribution < 1.29 is 5.11 Å². The summed E-state index contributed by atoms with van der Waals surface area (Å²) in [5.74, 6) is 0.410. The zero-order valence-electron chi connectivity index (χ0n) is 9.23. The molecule has 1 aromatic heterocycles. The zero-order chi connectivity index (χ0) is 12.3. The molecule has 0 bridgehead atoms. The van der Waals surface area contributed by atoms with Crippen LogP contribution in [-0.2, 0) is 0 Å². The lowest BCUT2D eigenvalue weighted by Gasteiger charge is -2.26. The van der Waals surface area contributed by atoms with Crippen molar-refractivity contribution in [2.45, 2.75) is 37.8 Å². The summed E-state index contributed by atoms with van der Waals surface area (Å²) in [6.07, 6.45) is 4.67. The highest BCUT2D eigenvalue weighted by Gasteiger charge is 2.20. The lowest BCUT2D eigenvalue weighted by atomic mass is 9.93. The first-order valence-electron chi connectivity index (χ1n) is 5.56. The van der Waals surface area contributed by atoms with Gasteiger partial charge in [-0.25, -0.2) is 4.98 Å². The SMILES string of the molecule is N#Cc1cnc(N[C@@H]2CCC[C@H](O)C2)nc1Cl. The monoisotopic (exact) mass is 252 g/mol. The number of halogens is 1. The Labute approximate surface area is 104 Å². The minimum absolute atomic E-state index is 0.154. The Morgan fingerprint density at radius 2 is 2.35 bits per heavy atom. The van der Waals surface area contributed by atoms with Gasteiger partial charge in [0.2, 0.25) is 5.95 Å². The van der Waals surface area contributed by atoms with E-state index >= 15 is 0 Å². The van der Waals surface area contributed by atoms with Crippen molar-refractivity contribution in [2.75, 3.05) is 5.32 Å². The molecule has 6 heteroatoms. The molecule has 2 N–H and O–H groups in total. The molecule has 1 aliphatic rings. The summed E-state index contributed by atoms with van der Waals surface area (Å²) in [5.41, 5.74) is 0.265. The molecule has 2 atom stereocenters. The maximum Gasteiger partial charge on any atom is 0.224 e. The van der Waals surface area contributed by atoms with E-state index in [4.69, 9.17) is 16.9 Å². The Morgan fingerprint density at radius 3 is 3.00 bits per heavy atom. The van der Waals surface area contributed by atoms with Gasteiger partial charge in [0.05, 0.1) is 12.3 Å². The van der Waals surface area contributed by atoms with Crippen molar-refractivity contribution >= 4 is 17.5 Å². The van der Waals surface area contributed by atoms with E-state index in [2.05, 4.69) is 15.3 Å². The summed E-state index contributed by atoms with van der Waals surface area (Å²) in [4.78, 5) is 8.02. The number of aliphatic hydroxyl groups is 1. The summed E-state index contributed by atoms with van der Waals surface area (Å²) in [7, 11) is 0. The highest BCUT2D eigenvalue weighted by atomic mass is 35.5. The van der Waals surface area contributed by atoms with Gasteiger partial charge in [-0.3, -0.25) is 0 Å². The van der Waals surface area contributed by atoms with Gasteiger partial charge in [0, 0.05) is 6.04 Å². The number of nitrogens with one attached hydrogen (secondary N) is 1. The Hall–Kier alpha value is -1.38. The molecule has 2 rings (SSSR count). The van der Waals surface area contributed by atoms with E-state index in [0.29, 0.717) is 12.4 Å². The van der Waals surface area contributed by atoms with Gasteiger partial charge in [0.25, 0.3) is 0 Å². The molecular formula is C11H13ClN4O. The smallest absolute Gasteiger partial charge is 0.224 e. The van der Waals surface area contributed by atoms with E-state index in [1.807, 2.05) is 6.07 Å². The van der Waals surface area contributed by atoms with E-state index in [0.717, 1.165) is 19.3 Å². The number of aromatic nitrogens is 2. The minimum atomic E-state index is -0.255. The maximum absolute atomic E-state index is 9.54. The standard InChI is InChI=1S/C11H13ClN4O/c12-10-7(5-13)6-14-11(16-10)15-8-2-1-3-9(17)4-8/h6,8-9,17H,1-4H2,(H,14,15,16)/t8-,9+/m1/s1. The van der Waals surface area contributed by atoms with Gasteiger partial charge in [-0.15, -0.1) is 0 Å². The molecule has 90 valence electrons. The van der Waals surface area contributed by atoms with Crippen molar-refractivity contribution in [3.8, 4) is 6.07 Å². The third kappa shape index (κ3) is 3.05. The van der Waals surface area contributed by atoms with Crippen LogP contribution in [-0.4, -0.2) is 27.2 Å². The number of hydrogen-bond donors (Lipinski definition) is 2. The van der Waals surface area contributed by atoms with Crippen LogP contribution in [0.2, 0.25) is 5.15 Å². The third-order valence-corrected chi connectivity index (χ3v) is 3.13. The predicted octanol–water partition coefficient (Wildman–Crippen LogP) is 1.72.